The highest BCUT2D eigenvalue weighted by atomic mass is 16.8. The van der Waals surface area contributed by atoms with Gasteiger partial charge < -0.3 is 19.8 Å². The van der Waals surface area contributed by atoms with Gasteiger partial charge >= 0.3 is 0 Å². The molecule has 0 saturated carbocycles. The van der Waals surface area contributed by atoms with Gasteiger partial charge in [0.2, 0.25) is 11.7 Å². The number of aromatic nitrogens is 4. The van der Waals surface area contributed by atoms with Gasteiger partial charge in [0.15, 0.2) is 5.69 Å². The lowest BCUT2D eigenvalue weighted by atomic mass is 10.2. The molecule has 10 nitrogen and oxygen atoms in total. The van der Waals surface area contributed by atoms with Crippen LogP contribution in [0.15, 0.2) is 41.2 Å². The number of quaternary nitrogens is 1. The molecule has 1 unspecified atom stereocenters. The Balaban J connectivity index is 1.57. The standard InChI is InChI=1S/C16H18N6O4/c23-12-7-13(21(8-12)9-14-17-4-5-18-14)16-19-15(20-26-16)10-2-1-3-11(6-10)22(24)25/h1-6,12-13,22-24H,7-9H2,(H,17,18)/t12-,13+/m1/s1. The summed E-state index contributed by atoms with van der Waals surface area (Å²) in [5.41, 5.74) is 0.723. The van der Waals surface area contributed by atoms with Crippen LogP contribution in [0, 0.1) is 5.21 Å². The van der Waals surface area contributed by atoms with Crippen molar-refractivity contribution >= 4 is 5.69 Å². The molecule has 1 saturated heterocycles. The number of rotatable bonds is 5. The lowest BCUT2D eigenvalue weighted by molar-refractivity contribution is -0.991. The minimum absolute atomic E-state index is 0.157. The first-order valence-electron chi connectivity index (χ1n) is 8.18. The Hall–Kier alpha value is -2.63. The molecule has 10 heteroatoms. The van der Waals surface area contributed by atoms with E-state index in [0.29, 0.717) is 36.8 Å². The number of benzene rings is 1. The smallest absolute Gasteiger partial charge is 0.244 e. The zero-order chi connectivity index (χ0) is 18.1. The predicted octanol–water partition coefficient (Wildman–Crippen LogP) is 0.171. The summed E-state index contributed by atoms with van der Waals surface area (Å²) in [6.07, 6.45) is 3.42. The van der Waals surface area contributed by atoms with E-state index >= 15 is 0 Å². The molecule has 1 aromatic carbocycles. The molecule has 4 N–H and O–H groups in total. The van der Waals surface area contributed by atoms with Crippen LogP contribution in [-0.2, 0) is 6.54 Å². The molecule has 1 aliphatic heterocycles. The van der Waals surface area contributed by atoms with Crippen LogP contribution >= 0.6 is 0 Å². The SMILES string of the molecule is [O-][NH+](O)c1cccc(-c2noc([C@@H]3C[C@@H](O)CN3Cc3ncc[nH]3)n2)c1. The number of hydrogen-bond acceptors (Lipinski definition) is 8. The summed E-state index contributed by atoms with van der Waals surface area (Å²) in [5, 5.41) is 33.3. The van der Waals surface area contributed by atoms with Crippen molar-refractivity contribution in [3.05, 3.63) is 53.6 Å². The van der Waals surface area contributed by atoms with Gasteiger partial charge in [-0.1, -0.05) is 17.3 Å². The van der Waals surface area contributed by atoms with Gasteiger partial charge in [-0.2, -0.15) is 10.2 Å². The molecule has 2 aromatic heterocycles. The van der Waals surface area contributed by atoms with Crippen molar-refractivity contribution in [1.29, 1.82) is 0 Å². The number of aliphatic hydroxyl groups excluding tert-OH is 1. The first-order valence-corrected chi connectivity index (χ1v) is 8.18. The number of hydrogen-bond donors (Lipinski definition) is 4. The summed E-state index contributed by atoms with van der Waals surface area (Å²) in [4.78, 5) is 13.7. The van der Waals surface area contributed by atoms with Crippen molar-refractivity contribution in [2.45, 2.75) is 25.1 Å². The van der Waals surface area contributed by atoms with Gasteiger partial charge in [-0.25, -0.2) is 10.2 Å². The lowest BCUT2D eigenvalue weighted by Crippen LogP contribution is -2.99. The van der Waals surface area contributed by atoms with Gasteiger partial charge in [-0.3, -0.25) is 4.90 Å². The number of aromatic amines is 1. The number of imidazole rings is 1. The minimum atomic E-state index is -1.01. The first kappa shape index (κ1) is 16.8. The Bertz CT molecular complexity index is 865. The van der Waals surface area contributed by atoms with E-state index < -0.39 is 11.3 Å². The molecule has 0 spiro atoms. The van der Waals surface area contributed by atoms with Crippen LogP contribution in [-0.4, -0.2) is 48.0 Å². The summed E-state index contributed by atoms with van der Waals surface area (Å²) < 4.78 is 5.41. The molecule has 0 aliphatic carbocycles. The van der Waals surface area contributed by atoms with E-state index in [1.165, 1.54) is 12.1 Å². The lowest BCUT2D eigenvalue weighted by Gasteiger charge is -2.19. The second-order valence-electron chi connectivity index (χ2n) is 6.21. The Morgan fingerprint density at radius 2 is 2.31 bits per heavy atom. The van der Waals surface area contributed by atoms with E-state index in [0.717, 1.165) is 5.82 Å². The zero-order valence-electron chi connectivity index (χ0n) is 13.7. The largest absolute Gasteiger partial charge is 0.595 e. The minimum Gasteiger partial charge on any atom is -0.595 e. The fourth-order valence-electron chi connectivity index (χ4n) is 3.17. The second kappa shape index (κ2) is 6.94. The summed E-state index contributed by atoms with van der Waals surface area (Å²) in [5.74, 6) is 1.50. The van der Waals surface area contributed by atoms with Crippen molar-refractivity contribution in [2.24, 2.45) is 0 Å². The monoisotopic (exact) mass is 358 g/mol. The third kappa shape index (κ3) is 3.36. The van der Waals surface area contributed by atoms with Gasteiger partial charge in [0.1, 0.15) is 5.82 Å². The number of likely N-dealkylation sites (tertiary alicyclic amines) is 1. The molecule has 3 aromatic rings. The Morgan fingerprint density at radius 1 is 1.42 bits per heavy atom. The molecule has 26 heavy (non-hydrogen) atoms. The topological polar surface area (TPSA) is 139 Å². The van der Waals surface area contributed by atoms with Crippen LogP contribution in [0.5, 0.6) is 0 Å². The van der Waals surface area contributed by atoms with Gasteiger partial charge in [-0.05, 0) is 6.42 Å². The first-order chi connectivity index (χ1) is 12.6. The number of nitrogens with one attached hydrogen (secondary N) is 2. The van der Waals surface area contributed by atoms with E-state index in [2.05, 4.69) is 20.1 Å². The quantitative estimate of drug-likeness (QED) is 0.474. The van der Waals surface area contributed by atoms with Crippen LogP contribution in [0.3, 0.4) is 0 Å². The average Bonchev–Trinajstić information content (AvgIpc) is 3.36. The van der Waals surface area contributed by atoms with Gasteiger partial charge in [0.25, 0.3) is 0 Å². The molecular formula is C16H18N6O4. The molecule has 136 valence electrons. The van der Waals surface area contributed by atoms with Crippen LogP contribution in [0.2, 0.25) is 0 Å². The molecule has 1 fully saturated rings. The maximum absolute atomic E-state index is 11.1. The highest BCUT2D eigenvalue weighted by Gasteiger charge is 2.36. The number of β-amino-alcohol motifs (C(OH)–C–C–N with tert-alkyl or cyclic N) is 1. The maximum atomic E-state index is 11.1. The predicted molar refractivity (Wildman–Crippen MR) is 87.9 cm³/mol. The maximum Gasteiger partial charge on any atom is 0.244 e. The van der Waals surface area contributed by atoms with Crippen LogP contribution in [0.1, 0.15) is 24.2 Å². The Morgan fingerprint density at radius 3 is 3.08 bits per heavy atom. The van der Waals surface area contributed by atoms with E-state index in [1.807, 2.05) is 4.90 Å². The van der Waals surface area contributed by atoms with E-state index in [-0.39, 0.29) is 11.7 Å². The molecule has 0 amide bonds. The van der Waals surface area contributed by atoms with E-state index in [4.69, 9.17) is 9.73 Å². The van der Waals surface area contributed by atoms with Gasteiger partial charge in [0, 0.05) is 36.6 Å². The van der Waals surface area contributed by atoms with Crippen molar-refractivity contribution in [2.75, 3.05) is 6.54 Å². The molecule has 3 atom stereocenters. The summed E-state index contributed by atoms with van der Waals surface area (Å²) in [6, 6.07) is 6.15. The third-order valence-electron chi connectivity index (χ3n) is 4.38. The summed E-state index contributed by atoms with van der Waals surface area (Å²) in [6.45, 7) is 1.01. The average molecular weight is 358 g/mol. The number of aliphatic hydroxyl groups is 1. The Kier molecular flexibility index (Phi) is 4.49. The molecular weight excluding hydrogens is 340 g/mol. The van der Waals surface area contributed by atoms with Crippen LogP contribution in [0.25, 0.3) is 11.4 Å². The van der Waals surface area contributed by atoms with E-state index in [9.17, 15) is 10.3 Å². The second-order valence-corrected chi connectivity index (χ2v) is 6.21. The van der Waals surface area contributed by atoms with Gasteiger partial charge in [0.05, 0.1) is 18.7 Å². The molecule has 4 rings (SSSR count). The molecule has 0 radical (unpaired) electrons. The molecule has 3 heterocycles. The summed E-state index contributed by atoms with van der Waals surface area (Å²) in [7, 11) is 0. The normalized spacial score (nSPS) is 22.0. The fourth-order valence-corrected chi connectivity index (χ4v) is 3.17. The third-order valence-corrected chi connectivity index (χ3v) is 4.38. The van der Waals surface area contributed by atoms with Crippen LogP contribution in [0.4, 0.5) is 5.69 Å². The van der Waals surface area contributed by atoms with Gasteiger partial charge in [-0.15, -0.1) is 0 Å². The number of H-pyrrole nitrogens is 1. The summed E-state index contributed by atoms with van der Waals surface area (Å²) >= 11 is 0. The fraction of sp³-hybridized carbons (Fsp3) is 0.312. The number of nitrogens with zero attached hydrogens (tertiary/aromatic N) is 4. The van der Waals surface area contributed by atoms with Crippen molar-refractivity contribution in [3.63, 3.8) is 0 Å². The van der Waals surface area contributed by atoms with Crippen molar-refractivity contribution in [3.8, 4) is 11.4 Å². The zero-order valence-corrected chi connectivity index (χ0v) is 13.7. The highest BCUT2D eigenvalue weighted by Crippen LogP contribution is 2.33. The molecule has 0 bridgehead atoms. The Labute approximate surface area is 148 Å². The highest BCUT2D eigenvalue weighted by molar-refractivity contribution is 5.58. The van der Waals surface area contributed by atoms with Crippen molar-refractivity contribution in [1.82, 2.24) is 25.0 Å². The molecule has 1 aliphatic rings. The van der Waals surface area contributed by atoms with Crippen molar-refractivity contribution < 1.29 is 20.1 Å². The van der Waals surface area contributed by atoms with E-state index in [1.54, 1.807) is 24.5 Å². The van der Waals surface area contributed by atoms with Crippen LogP contribution < -0.4 is 5.23 Å².